The van der Waals surface area contributed by atoms with Gasteiger partial charge in [0.2, 0.25) is 0 Å². The lowest BCUT2D eigenvalue weighted by atomic mass is 9.99. The maximum atomic E-state index is 11.6. The third-order valence-corrected chi connectivity index (χ3v) is 2.82. The Balaban J connectivity index is 2.31. The maximum absolute atomic E-state index is 11.6. The van der Waals surface area contributed by atoms with Crippen molar-refractivity contribution in [1.82, 2.24) is 0 Å². The molecule has 0 atom stereocenters. The third-order valence-electron chi connectivity index (χ3n) is 2.82. The van der Waals surface area contributed by atoms with Gasteiger partial charge in [0, 0.05) is 18.1 Å². The fourth-order valence-electron chi connectivity index (χ4n) is 2.02. The quantitative estimate of drug-likeness (QED) is 0.618. The summed E-state index contributed by atoms with van der Waals surface area (Å²) in [6.45, 7) is 5.29. The molecule has 19 heavy (non-hydrogen) atoms. The largest absolute Gasteiger partial charge is 0.494 e. The number of hydrogen-bond acceptors (Lipinski definition) is 4. The highest BCUT2D eigenvalue weighted by molar-refractivity contribution is 5.92. The molecule has 0 spiro atoms. The summed E-state index contributed by atoms with van der Waals surface area (Å²) in [6, 6.07) is 5.65. The van der Waals surface area contributed by atoms with Gasteiger partial charge in [-0.25, -0.2) is 4.79 Å². The van der Waals surface area contributed by atoms with E-state index in [1.165, 1.54) is 0 Å². The summed E-state index contributed by atoms with van der Waals surface area (Å²) in [5, 5.41) is 0. The second kappa shape index (κ2) is 6.27. The van der Waals surface area contributed by atoms with Crippen molar-refractivity contribution in [2.24, 2.45) is 0 Å². The molecule has 1 aromatic rings. The van der Waals surface area contributed by atoms with E-state index in [-0.39, 0.29) is 5.97 Å². The number of fused-ring (bicyclic) bond motifs is 1. The fourth-order valence-corrected chi connectivity index (χ4v) is 2.02. The number of ether oxygens (including phenoxy) is 3. The van der Waals surface area contributed by atoms with Crippen LogP contribution in [0, 0.1) is 0 Å². The first-order chi connectivity index (χ1) is 9.24. The molecule has 4 heteroatoms. The highest BCUT2D eigenvalue weighted by Crippen LogP contribution is 2.35. The summed E-state index contributed by atoms with van der Waals surface area (Å²) in [5.41, 5.74) is 1.84. The van der Waals surface area contributed by atoms with Crippen LogP contribution in [0.25, 0.3) is 5.57 Å². The molecule has 0 radical (unpaired) electrons. The van der Waals surface area contributed by atoms with Crippen LogP contribution in [0.3, 0.4) is 0 Å². The minimum atomic E-state index is -0.313. The van der Waals surface area contributed by atoms with Gasteiger partial charge in [-0.1, -0.05) is 0 Å². The highest BCUT2D eigenvalue weighted by atomic mass is 16.5. The Bertz CT molecular complexity index is 491. The monoisotopic (exact) mass is 262 g/mol. The number of rotatable bonds is 4. The molecule has 0 saturated heterocycles. The Kier molecular flexibility index (Phi) is 4.44. The summed E-state index contributed by atoms with van der Waals surface area (Å²) >= 11 is 0. The molecule has 0 unspecified atom stereocenters. The summed E-state index contributed by atoms with van der Waals surface area (Å²) in [6.07, 6.45) is 2.24. The second-order valence-corrected chi connectivity index (χ2v) is 4.11. The van der Waals surface area contributed by atoms with Crippen LogP contribution in [-0.4, -0.2) is 25.8 Å². The smallest absolute Gasteiger partial charge is 0.331 e. The zero-order chi connectivity index (χ0) is 13.7. The van der Waals surface area contributed by atoms with Crippen LogP contribution in [0.2, 0.25) is 0 Å². The van der Waals surface area contributed by atoms with Gasteiger partial charge in [-0.3, -0.25) is 0 Å². The lowest BCUT2D eigenvalue weighted by molar-refractivity contribution is -0.137. The van der Waals surface area contributed by atoms with Gasteiger partial charge in [-0.15, -0.1) is 0 Å². The molecule has 1 heterocycles. The van der Waals surface area contributed by atoms with Gasteiger partial charge in [0.15, 0.2) is 0 Å². The zero-order valence-corrected chi connectivity index (χ0v) is 11.3. The Labute approximate surface area is 113 Å². The van der Waals surface area contributed by atoms with E-state index in [0.29, 0.717) is 26.2 Å². The van der Waals surface area contributed by atoms with E-state index in [2.05, 4.69) is 0 Å². The van der Waals surface area contributed by atoms with Crippen LogP contribution in [0.5, 0.6) is 11.5 Å². The molecule has 1 aliphatic rings. The Morgan fingerprint density at radius 1 is 1.37 bits per heavy atom. The lowest BCUT2D eigenvalue weighted by Gasteiger charge is -2.20. The second-order valence-electron chi connectivity index (χ2n) is 4.11. The average molecular weight is 262 g/mol. The van der Waals surface area contributed by atoms with E-state index in [0.717, 1.165) is 22.6 Å². The fraction of sp³-hybridized carbons (Fsp3) is 0.400. The van der Waals surface area contributed by atoms with Gasteiger partial charge < -0.3 is 14.2 Å². The van der Waals surface area contributed by atoms with Crippen molar-refractivity contribution in [2.45, 2.75) is 20.3 Å². The Morgan fingerprint density at radius 3 is 2.95 bits per heavy atom. The first kappa shape index (κ1) is 13.5. The van der Waals surface area contributed by atoms with Crippen molar-refractivity contribution in [3.8, 4) is 11.5 Å². The van der Waals surface area contributed by atoms with Gasteiger partial charge in [-0.05, 0) is 37.6 Å². The number of hydrogen-bond donors (Lipinski definition) is 0. The summed E-state index contributed by atoms with van der Waals surface area (Å²) < 4.78 is 16.0. The van der Waals surface area contributed by atoms with Gasteiger partial charge in [-0.2, -0.15) is 0 Å². The van der Waals surface area contributed by atoms with Crippen LogP contribution in [0.4, 0.5) is 0 Å². The standard InChI is InChI=1S/C15H18O4/c1-3-17-12-5-6-14-13(10-12)11(7-8-19-14)9-15(16)18-4-2/h5-6,9-10H,3-4,7-8H2,1-2H3/b11-9-. The average Bonchev–Trinajstić information content (AvgIpc) is 2.40. The molecule has 0 N–H and O–H groups in total. The summed E-state index contributed by atoms with van der Waals surface area (Å²) in [4.78, 5) is 11.6. The van der Waals surface area contributed by atoms with E-state index >= 15 is 0 Å². The van der Waals surface area contributed by atoms with E-state index in [1.54, 1.807) is 13.0 Å². The molecule has 0 amide bonds. The van der Waals surface area contributed by atoms with Crippen molar-refractivity contribution in [2.75, 3.05) is 19.8 Å². The zero-order valence-electron chi connectivity index (χ0n) is 11.3. The van der Waals surface area contributed by atoms with Crippen molar-refractivity contribution >= 4 is 11.5 Å². The SMILES string of the molecule is CCOC(=O)/C=C1/CCOc2ccc(OCC)cc21. The van der Waals surface area contributed by atoms with Crippen LogP contribution in [-0.2, 0) is 9.53 Å². The highest BCUT2D eigenvalue weighted by Gasteiger charge is 2.17. The molecule has 1 aliphatic heterocycles. The molecule has 0 bridgehead atoms. The molecule has 2 rings (SSSR count). The normalized spacial score (nSPS) is 15.6. The van der Waals surface area contributed by atoms with Crippen LogP contribution in [0.15, 0.2) is 24.3 Å². The first-order valence-corrected chi connectivity index (χ1v) is 6.52. The third kappa shape index (κ3) is 3.28. The van der Waals surface area contributed by atoms with E-state index in [1.807, 2.05) is 25.1 Å². The molecule has 102 valence electrons. The number of benzene rings is 1. The first-order valence-electron chi connectivity index (χ1n) is 6.52. The maximum Gasteiger partial charge on any atom is 0.331 e. The molecular weight excluding hydrogens is 244 g/mol. The van der Waals surface area contributed by atoms with Crippen molar-refractivity contribution < 1.29 is 19.0 Å². The molecule has 0 aromatic heterocycles. The molecule has 4 nitrogen and oxygen atoms in total. The predicted molar refractivity (Wildman–Crippen MR) is 72.3 cm³/mol. The van der Waals surface area contributed by atoms with Gasteiger partial charge in [0.25, 0.3) is 0 Å². The molecule has 0 saturated carbocycles. The number of carbonyl (C=O) groups is 1. The summed E-state index contributed by atoms with van der Waals surface area (Å²) in [5.74, 6) is 1.25. The number of esters is 1. The number of carbonyl (C=O) groups excluding carboxylic acids is 1. The van der Waals surface area contributed by atoms with E-state index in [4.69, 9.17) is 14.2 Å². The molecule has 1 aromatic carbocycles. The van der Waals surface area contributed by atoms with E-state index < -0.39 is 0 Å². The van der Waals surface area contributed by atoms with Gasteiger partial charge >= 0.3 is 5.97 Å². The predicted octanol–water partition coefficient (Wildman–Crippen LogP) is 2.81. The summed E-state index contributed by atoms with van der Waals surface area (Å²) in [7, 11) is 0. The van der Waals surface area contributed by atoms with Crippen molar-refractivity contribution in [1.29, 1.82) is 0 Å². The van der Waals surface area contributed by atoms with Crippen LogP contribution >= 0.6 is 0 Å². The van der Waals surface area contributed by atoms with Crippen molar-refractivity contribution in [3.63, 3.8) is 0 Å². The van der Waals surface area contributed by atoms with E-state index in [9.17, 15) is 4.79 Å². The Morgan fingerprint density at radius 2 is 2.21 bits per heavy atom. The topological polar surface area (TPSA) is 44.8 Å². The minimum Gasteiger partial charge on any atom is -0.494 e. The molecule has 0 fully saturated rings. The van der Waals surface area contributed by atoms with Crippen molar-refractivity contribution in [3.05, 3.63) is 29.8 Å². The molecule has 0 aliphatic carbocycles. The minimum absolute atomic E-state index is 0.313. The van der Waals surface area contributed by atoms with Gasteiger partial charge in [0.1, 0.15) is 11.5 Å². The van der Waals surface area contributed by atoms with Crippen LogP contribution < -0.4 is 9.47 Å². The van der Waals surface area contributed by atoms with Crippen LogP contribution in [0.1, 0.15) is 25.8 Å². The molecular formula is C15H18O4. The lowest BCUT2D eigenvalue weighted by Crippen LogP contribution is -2.10. The Hall–Kier alpha value is -1.97. The van der Waals surface area contributed by atoms with Gasteiger partial charge in [0.05, 0.1) is 19.8 Å².